The molecule has 0 amide bonds. The summed E-state index contributed by atoms with van der Waals surface area (Å²) in [5, 5.41) is 40.9. The first-order valence-corrected chi connectivity index (χ1v) is 14.0. The van der Waals surface area contributed by atoms with Crippen molar-refractivity contribution in [3.8, 4) is 24.0 Å². The first kappa shape index (κ1) is 26.7. The van der Waals surface area contributed by atoms with Crippen LogP contribution in [-0.2, 0) is 16.1 Å². The molecule has 2 bridgehead atoms. The monoisotopic (exact) mass is 522 g/mol. The molecular formula is C32H34N4O3. The third-order valence-electron chi connectivity index (χ3n) is 8.73. The van der Waals surface area contributed by atoms with Crippen LogP contribution in [0.2, 0.25) is 0 Å². The van der Waals surface area contributed by atoms with Gasteiger partial charge in [0.15, 0.2) is 5.41 Å². The van der Waals surface area contributed by atoms with Gasteiger partial charge in [-0.1, -0.05) is 87.4 Å². The molecule has 2 saturated heterocycles. The van der Waals surface area contributed by atoms with Crippen molar-refractivity contribution < 1.29 is 14.2 Å². The van der Waals surface area contributed by atoms with Crippen LogP contribution in [0.1, 0.15) is 81.4 Å². The second-order valence-corrected chi connectivity index (χ2v) is 11.0. The van der Waals surface area contributed by atoms with Crippen LogP contribution in [0.15, 0.2) is 54.6 Å². The third-order valence-corrected chi connectivity index (χ3v) is 8.73. The normalized spacial score (nSPS) is 30.1. The molecule has 39 heavy (non-hydrogen) atoms. The summed E-state index contributed by atoms with van der Waals surface area (Å²) >= 11 is 0. The van der Waals surface area contributed by atoms with E-state index < -0.39 is 28.6 Å². The molecule has 0 radical (unpaired) electrons. The Kier molecular flexibility index (Phi) is 7.60. The topological polar surface area (TPSA) is 123 Å². The maximum Gasteiger partial charge on any atom is 0.217 e. The van der Waals surface area contributed by atoms with E-state index in [-0.39, 0.29) is 5.90 Å². The molecule has 1 N–H and O–H groups in total. The predicted octanol–water partition coefficient (Wildman–Crippen LogP) is 7.12. The van der Waals surface area contributed by atoms with Gasteiger partial charge >= 0.3 is 0 Å². The van der Waals surface area contributed by atoms with Crippen LogP contribution in [0.3, 0.4) is 0 Å². The Morgan fingerprint density at radius 3 is 2.23 bits per heavy atom. The van der Waals surface area contributed by atoms with Crippen LogP contribution in [0.5, 0.6) is 5.75 Å². The van der Waals surface area contributed by atoms with E-state index in [1.165, 1.54) is 12.8 Å². The van der Waals surface area contributed by atoms with Gasteiger partial charge in [0.05, 0.1) is 24.1 Å². The zero-order valence-electron chi connectivity index (χ0n) is 22.2. The van der Waals surface area contributed by atoms with Gasteiger partial charge in [-0.3, -0.25) is 5.41 Å². The van der Waals surface area contributed by atoms with Gasteiger partial charge in [0, 0.05) is 6.42 Å². The van der Waals surface area contributed by atoms with E-state index in [1.54, 1.807) is 18.2 Å². The zero-order valence-corrected chi connectivity index (χ0v) is 22.2. The minimum Gasteiger partial charge on any atom is -0.489 e. The van der Waals surface area contributed by atoms with Gasteiger partial charge < -0.3 is 14.2 Å². The van der Waals surface area contributed by atoms with Gasteiger partial charge in [-0.05, 0) is 36.1 Å². The first-order chi connectivity index (χ1) is 19.0. The number of ether oxygens (including phenoxy) is 3. The van der Waals surface area contributed by atoms with Gasteiger partial charge in [0.1, 0.15) is 18.5 Å². The predicted molar refractivity (Wildman–Crippen MR) is 144 cm³/mol. The fraction of sp³-hybridized carbons (Fsp3) is 0.500. The summed E-state index contributed by atoms with van der Waals surface area (Å²) in [5.74, 6) is -1.55. The molecule has 3 aliphatic rings. The summed E-state index contributed by atoms with van der Waals surface area (Å²) < 4.78 is 19.0. The Balaban J connectivity index is 1.56. The van der Waals surface area contributed by atoms with Gasteiger partial charge in [-0.2, -0.15) is 15.8 Å². The number of hydrogen-bond donors (Lipinski definition) is 1. The van der Waals surface area contributed by atoms with Crippen molar-refractivity contribution in [3.05, 3.63) is 65.7 Å². The van der Waals surface area contributed by atoms with Gasteiger partial charge in [0.25, 0.3) is 0 Å². The number of benzene rings is 2. The molecule has 2 aromatic rings. The highest BCUT2D eigenvalue weighted by Gasteiger charge is 2.79. The van der Waals surface area contributed by atoms with Gasteiger partial charge in [-0.15, -0.1) is 0 Å². The van der Waals surface area contributed by atoms with Crippen LogP contribution in [0.4, 0.5) is 0 Å². The highest BCUT2D eigenvalue weighted by Crippen LogP contribution is 2.68. The molecule has 7 nitrogen and oxygen atoms in total. The average Bonchev–Trinajstić information content (AvgIpc) is 3.14. The summed E-state index contributed by atoms with van der Waals surface area (Å²) in [5.41, 5.74) is -2.12. The second kappa shape index (κ2) is 11.1. The maximum atomic E-state index is 10.7. The smallest absolute Gasteiger partial charge is 0.217 e. The van der Waals surface area contributed by atoms with Crippen LogP contribution in [0.25, 0.3) is 0 Å². The highest BCUT2D eigenvalue weighted by atomic mass is 16.7. The average molecular weight is 523 g/mol. The Morgan fingerprint density at radius 2 is 1.54 bits per heavy atom. The largest absolute Gasteiger partial charge is 0.489 e. The molecule has 7 heteroatoms. The number of hydrogen-bond acceptors (Lipinski definition) is 7. The Labute approximate surface area is 230 Å². The lowest BCUT2D eigenvalue weighted by Crippen LogP contribution is -2.59. The number of nitriles is 3. The minimum atomic E-state index is -1.96. The van der Waals surface area contributed by atoms with Gasteiger partial charge in [0.2, 0.25) is 17.1 Å². The maximum absolute atomic E-state index is 10.7. The summed E-state index contributed by atoms with van der Waals surface area (Å²) in [6.07, 6.45) is 8.25. The molecule has 0 spiro atoms. The first-order valence-electron chi connectivity index (χ1n) is 14.0. The lowest BCUT2D eigenvalue weighted by atomic mass is 9.52. The van der Waals surface area contributed by atoms with Crippen molar-refractivity contribution >= 4 is 5.90 Å². The molecule has 0 aromatic heterocycles. The number of nitrogens with one attached hydrogen (secondary N) is 1. The number of rotatable bonds is 4. The van der Waals surface area contributed by atoms with Crippen LogP contribution < -0.4 is 4.74 Å². The molecule has 1 saturated carbocycles. The van der Waals surface area contributed by atoms with E-state index in [0.717, 1.165) is 44.1 Å². The summed E-state index contributed by atoms with van der Waals surface area (Å²) in [6, 6.07) is 23.7. The van der Waals surface area contributed by atoms with Crippen molar-refractivity contribution in [1.29, 1.82) is 21.2 Å². The van der Waals surface area contributed by atoms with E-state index in [2.05, 4.69) is 18.2 Å². The van der Waals surface area contributed by atoms with E-state index in [4.69, 9.17) is 19.6 Å². The Morgan fingerprint density at radius 1 is 0.846 bits per heavy atom. The third kappa shape index (κ3) is 4.44. The lowest BCUT2D eigenvalue weighted by molar-refractivity contribution is -0.287. The Hall–Kier alpha value is -3.86. The molecule has 2 heterocycles. The van der Waals surface area contributed by atoms with Crippen molar-refractivity contribution in [2.75, 3.05) is 0 Å². The SMILES string of the molecule is N#CC1(C#N)C(c2cccc(OCc3ccccc3)c2)OC23CCCCCCCCCCC2C1(C#N)C(=N)O3. The molecule has 1 aliphatic carbocycles. The summed E-state index contributed by atoms with van der Waals surface area (Å²) in [4.78, 5) is 0. The molecule has 4 unspecified atom stereocenters. The Bertz CT molecular complexity index is 1310. The molecule has 2 aliphatic heterocycles. The molecular weight excluding hydrogens is 488 g/mol. The van der Waals surface area contributed by atoms with E-state index in [9.17, 15) is 15.8 Å². The fourth-order valence-electron chi connectivity index (χ4n) is 6.73. The van der Waals surface area contributed by atoms with Crippen LogP contribution in [0, 0.1) is 56.2 Å². The second-order valence-electron chi connectivity index (χ2n) is 11.0. The fourth-order valence-corrected chi connectivity index (χ4v) is 6.73. The van der Waals surface area contributed by atoms with E-state index in [1.807, 2.05) is 36.4 Å². The van der Waals surface area contributed by atoms with E-state index in [0.29, 0.717) is 30.8 Å². The molecule has 5 rings (SSSR count). The van der Waals surface area contributed by atoms with E-state index >= 15 is 0 Å². The standard InChI is InChI=1S/C32H34N4O3/c33-21-30(22-34)28(25-15-12-16-26(19-25)37-20-24-13-8-7-9-14-24)38-32-18-11-6-4-2-1-3-5-10-17-27(32)31(30,23-35)29(36)39-32/h7-9,12-16,19,27-28,36H,1-6,10-11,17-18,20H2. The molecule has 200 valence electrons. The molecule has 4 atom stereocenters. The highest BCUT2D eigenvalue weighted by molar-refractivity contribution is 5.89. The lowest BCUT2D eigenvalue weighted by Gasteiger charge is -2.50. The zero-order chi connectivity index (χ0) is 27.3. The number of nitrogens with zero attached hydrogens (tertiary/aromatic N) is 3. The van der Waals surface area contributed by atoms with Crippen LogP contribution in [-0.4, -0.2) is 11.7 Å². The summed E-state index contributed by atoms with van der Waals surface area (Å²) in [6.45, 7) is 0.360. The van der Waals surface area contributed by atoms with Crippen molar-refractivity contribution in [1.82, 2.24) is 0 Å². The molecule has 2 aromatic carbocycles. The summed E-state index contributed by atoms with van der Waals surface area (Å²) in [7, 11) is 0. The van der Waals surface area contributed by atoms with Crippen molar-refractivity contribution in [2.24, 2.45) is 16.7 Å². The quantitative estimate of drug-likeness (QED) is 0.456. The van der Waals surface area contributed by atoms with Crippen LogP contribution >= 0.6 is 0 Å². The van der Waals surface area contributed by atoms with Gasteiger partial charge in [-0.25, -0.2) is 0 Å². The van der Waals surface area contributed by atoms with Crippen molar-refractivity contribution in [2.45, 2.75) is 82.7 Å². The minimum absolute atomic E-state index is 0.313. The molecule has 3 fully saturated rings. The van der Waals surface area contributed by atoms with Crippen molar-refractivity contribution in [3.63, 3.8) is 0 Å².